The summed E-state index contributed by atoms with van der Waals surface area (Å²) < 4.78 is 0. The molecule has 0 radical (unpaired) electrons. The van der Waals surface area contributed by atoms with Crippen LogP contribution in [-0.4, -0.2) is 78.2 Å². The van der Waals surface area contributed by atoms with E-state index < -0.39 is 0 Å². The Morgan fingerprint density at radius 3 is 2.23 bits per heavy atom. The van der Waals surface area contributed by atoms with Crippen LogP contribution in [0.25, 0.3) is 0 Å². The largest absolute Gasteiger partial charge is 0.342 e. The van der Waals surface area contributed by atoms with Gasteiger partial charge in [-0.05, 0) is 49.6 Å². The smallest absolute Gasteiger partial charge is 0.265 e. The number of piperazine rings is 1. The second-order valence-corrected chi connectivity index (χ2v) is 8.09. The summed E-state index contributed by atoms with van der Waals surface area (Å²) >= 11 is 1.38. The molecule has 0 saturated carbocycles. The highest BCUT2D eigenvalue weighted by Crippen LogP contribution is 2.16. The molecule has 2 heterocycles. The van der Waals surface area contributed by atoms with Crippen LogP contribution in [0.4, 0.5) is 5.69 Å². The van der Waals surface area contributed by atoms with Gasteiger partial charge in [0.1, 0.15) is 0 Å². The van der Waals surface area contributed by atoms with Crippen LogP contribution in [0.2, 0.25) is 0 Å². The van der Waals surface area contributed by atoms with E-state index >= 15 is 0 Å². The first-order valence-corrected chi connectivity index (χ1v) is 11.1. The number of likely N-dealkylation sites (N-methyl/N-ethyl adjacent to an activating group) is 1. The number of benzene rings is 1. The van der Waals surface area contributed by atoms with Gasteiger partial charge in [0.05, 0.1) is 11.4 Å². The first kappa shape index (κ1) is 22.0. The second kappa shape index (κ2) is 10.4. The number of carbonyl (C=O) groups excluding carboxylic acids is 3. The molecule has 1 fully saturated rings. The molecule has 0 unspecified atom stereocenters. The lowest BCUT2D eigenvalue weighted by Gasteiger charge is -2.35. The van der Waals surface area contributed by atoms with Gasteiger partial charge in [-0.3, -0.25) is 19.3 Å². The number of carbonyl (C=O) groups is 3. The zero-order chi connectivity index (χ0) is 21.5. The molecule has 3 amide bonds. The Kier molecular flexibility index (Phi) is 7.59. The monoisotopic (exact) mass is 428 g/mol. The maximum Gasteiger partial charge on any atom is 0.265 e. The topological polar surface area (TPSA) is 73.0 Å². The molecule has 1 aromatic carbocycles. The summed E-state index contributed by atoms with van der Waals surface area (Å²) in [5.74, 6) is -0.0414. The normalized spacial score (nSPS) is 14.4. The number of anilines is 1. The van der Waals surface area contributed by atoms with Gasteiger partial charge in [0.2, 0.25) is 5.91 Å². The third-order valence-electron chi connectivity index (χ3n) is 5.27. The second-order valence-electron chi connectivity index (χ2n) is 7.14. The van der Waals surface area contributed by atoms with E-state index in [4.69, 9.17) is 0 Å². The number of thiophene rings is 1. The number of hydrogen-bond acceptors (Lipinski definition) is 5. The van der Waals surface area contributed by atoms with Crippen molar-refractivity contribution in [3.05, 3.63) is 52.2 Å². The van der Waals surface area contributed by atoms with Crippen molar-refractivity contribution in [1.29, 1.82) is 0 Å². The van der Waals surface area contributed by atoms with E-state index in [0.29, 0.717) is 48.9 Å². The number of hydrogen-bond donors (Lipinski definition) is 1. The quantitative estimate of drug-likeness (QED) is 0.736. The van der Waals surface area contributed by atoms with Gasteiger partial charge in [-0.2, -0.15) is 0 Å². The molecular weight excluding hydrogens is 400 g/mol. The number of nitrogens with one attached hydrogen (secondary N) is 1. The molecule has 0 spiro atoms. The fourth-order valence-electron chi connectivity index (χ4n) is 3.46. The van der Waals surface area contributed by atoms with Crippen LogP contribution < -0.4 is 5.32 Å². The fraction of sp³-hybridized carbons (Fsp3) is 0.409. The van der Waals surface area contributed by atoms with Crippen molar-refractivity contribution < 1.29 is 14.4 Å². The van der Waals surface area contributed by atoms with Crippen molar-refractivity contribution in [2.24, 2.45) is 0 Å². The minimum Gasteiger partial charge on any atom is -0.342 e. The molecule has 1 N–H and O–H groups in total. The third-order valence-corrected chi connectivity index (χ3v) is 6.14. The molecule has 3 rings (SSSR count). The Morgan fingerprint density at radius 2 is 1.67 bits per heavy atom. The summed E-state index contributed by atoms with van der Waals surface area (Å²) in [7, 11) is 0. The Bertz CT molecular complexity index is 855. The predicted molar refractivity (Wildman–Crippen MR) is 119 cm³/mol. The summed E-state index contributed by atoms with van der Waals surface area (Å²) in [5, 5.41) is 4.69. The maximum atomic E-state index is 12.8. The van der Waals surface area contributed by atoms with E-state index in [9.17, 15) is 14.4 Å². The molecule has 0 bridgehead atoms. The van der Waals surface area contributed by atoms with E-state index in [2.05, 4.69) is 10.2 Å². The average Bonchev–Trinajstić information content (AvgIpc) is 3.30. The van der Waals surface area contributed by atoms with E-state index in [-0.39, 0.29) is 17.7 Å². The third kappa shape index (κ3) is 5.46. The molecule has 2 aromatic rings. The molecule has 0 atom stereocenters. The standard InChI is InChI=1S/C22H28N4O3S/c1-3-25(4-2)20(27)16-24-11-13-26(14-12-24)22(29)17-7-9-18(10-8-17)23-21(28)19-6-5-15-30-19/h5-10,15H,3-4,11-14,16H2,1-2H3,(H,23,28). The van der Waals surface area contributed by atoms with Gasteiger partial charge in [-0.1, -0.05) is 6.07 Å². The van der Waals surface area contributed by atoms with Gasteiger partial charge in [-0.15, -0.1) is 11.3 Å². The van der Waals surface area contributed by atoms with Gasteiger partial charge in [0.15, 0.2) is 0 Å². The molecule has 8 heteroatoms. The van der Waals surface area contributed by atoms with Crippen LogP contribution in [-0.2, 0) is 4.79 Å². The Hall–Kier alpha value is -2.71. The van der Waals surface area contributed by atoms with E-state index in [1.807, 2.05) is 35.1 Å². The number of nitrogens with zero attached hydrogens (tertiary/aromatic N) is 3. The van der Waals surface area contributed by atoms with Crippen LogP contribution in [0.15, 0.2) is 41.8 Å². The SMILES string of the molecule is CCN(CC)C(=O)CN1CCN(C(=O)c2ccc(NC(=O)c3cccs3)cc2)CC1. The van der Waals surface area contributed by atoms with Crippen LogP contribution in [0, 0.1) is 0 Å². The highest BCUT2D eigenvalue weighted by molar-refractivity contribution is 7.12. The fourth-order valence-corrected chi connectivity index (χ4v) is 4.07. The summed E-state index contributed by atoms with van der Waals surface area (Å²) in [5.41, 5.74) is 1.25. The van der Waals surface area contributed by atoms with Crippen molar-refractivity contribution in [2.75, 3.05) is 51.1 Å². The van der Waals surface area contributed by atoms with Gasteiger partial charge < -0.3 is 15.1 Å². The molecule has 0 aliphatic carbocycles. The summed E-state index contributed by atoms with van der Waals surface area (Å²) in [6, 6.07) is 10.6. The lowest BCUT2D eigenvalue weighted by Crippen LogP contribution is -2.51. The summed E-state index contributed by atoms with van der Waals surface area (Å²) in [6.07, 6.45) is 0. The minimum absolute atomic E-state index is 0.0270. The predicted octanol–water partition coefficient (Wildman–Crippen LogP) is 2.63. The lowest BCUT2D eigenvalue weighted by molar-refractivity contribution is -0.132. The first-order valence-electron chi connectivity index (χ1n) is 10.3. The molecule has 1 aliphatic rings. The first-order chi connectivity index (χ1) is 14.5. The molecule has 1 saturated heterocycles. The van der Waals surface area contributed by atoms with Crippen molar-refractivity contribution in [3.63, 3.8) is 0 Å². The number of amides is 3. The maximum absolute atomic E-state index is 12.8. The highest BCUT2D eigenvalue weighted by Gasteiger charge is 2.24. The lowest BCUT2D eigenvalue weighted by atomic mass is 10.1. The van der Waals surface area contributed by atoms with Crippen LogP contribution in [0.1, 0.15) is 33.9 Å². The zero-order valence-electron chi connectivity index (χ0n) is 17.5. The van der Waals surface area contributed by atoms with Gasteiger partial charge in [0, 0.05) is 50.5 Å². The molecule has 30 heavy (non-hydrogen) atoms. The van der Waals surface area contributed by atoms with Gasteiger partial charge in [-0.25, -0.2) is 0 Å². The minimum atomic E-state index is -0.153. The van der Waals surface area contributed by atoms with E-state index in [0.717, 1.165) is 13.1 Å². The molecule has 7 nitrogen and oxygen atoms in total. The van der Waals surface area contributed by atoms with Crippen LogP contribution in [0.3, 0.4) is 0 Å². The summed E-state index contributed by atoms with van der Waals surface area (Å²) in [4.78, 5) is 43.6. The molecule has 1 aromatic heterocycles. The Balaban J connectivity index is 1.50. The van der Waals surface area contributed by atoms with Crippen molar-refractivity contribution in [1.82, 2.24) is 14.7 Å². The number of rotatable bonds is 7. The van der Waals surface area contributed by atoms with Gasteiger partial charge >= 0.3 is 0 Å². The summed E-state index contributed by atoms with van der Waals surface area (Å²) in [6.45, 7) is 8.38. The van der Waals surface area contributed by atoms with E-state index in [1.54, 1.807) is 30.3 Å². The van der Waals surface area contributed by atoms with Crippen LogP contribution in [0.5, 0.6) is 0 Å². The molecule has 1 aliphatic heterocycles. The highest BCUT2D eigenvalue weighted by atomic mass is 32.1. The Labute approximate surface area is 181 Å². The van der Waals surface area contributed by atoms with Crippen LogP contribution >= 0.6 is 11.3 Å². The molecular formula is C22H28N4O3S. The Morgan fingerprint density at radius 1 is 1.00 bits per heavy atom. The van der Waals surface area contributed by atoms with E-state index in [1.165, 1.54) is 11.3 Å². The zero-order valence-corrected chi connectivity index (χ0v) is 18.3. The average molecular weight is 429 g/mol. The van der Waals surface area contributed by atoms with Gasteiger partial charge in [0.25, 0.3) is 11.8 Å². The van der Waals surface area contributed by atoms with Crippen molar-refractivity contribution >= 4 is 34.7 Å². The van der Waals surface area contributed by atoms with Crippen molar-refractivity contribution in [3.8, 4) is 0 Å². The molecule has 160 valence electrons. The van der Waals surface area contributed by atoms with Crippen molar-refractivity contribution in [2.45, 2.75) is 13.8 Å².